The van der Waals surface area contributed by atoms with Crippen molar-refractivity contribution in [2.75, 3.05) is 38.5 Å². The van der Waals surface area contributed by atoms with Crippen LogP contribution in [0.25, 0.3) is 22.0 Å². The second-order valence-electron chi connectivity index (χ2n) is 12.5. The van der Waals surface area contributed by atoms with E-state index in [0.717, 1.165) is 66.6 Å². The smallest absolute Gasteiger partial charge is 0.250 e. The zero-order valence-corrected chi connectivity index (χ0v) is 25.4. The number of likely N-dealkylation sites (tertiary alicyclic amines) is 1. The number of fused-ring (bicyclic) bond motifs is 1. The number of nitrogens with one attached hydrogen (secondary N) is 2. The quantitative estimate of drug-likeness (QED) is 0.292. The van der Waals surface area contributed by atoms with Crippen LogP contribution in [0, 0.1) is 0 Å². The van der Waals surface area contributed by atoms with Gasteiger partial charge in [-0.15, -0.1) is 0 Å². The maximum atomic E-state index is 13.1. The Morgan fingerprint density at radius 3 is 2.45 bits per heavy atom. The zero-order valence-electron chi connectivity index (χ0n) is 24.6. The number of aromatic amines is 1. The monoisotopic (exact) mass is 591 g/mol. The number of amides is 1. The molecular formula is C33H45N5O3S. The second kappa shape index (κ2) is 12.9. The summed E-state index contributed by atoms with van der Waals surface area (Å²) < 4.78 is 27.8. The molecule has 0 radical (unpaired) electrons. The lowest BCUT2D eigenvalue weighted by molar-refractivity contribution is 0.100. The maximum absolute atomic E-state index is 13.1. The minimum Gasteiger partial charge on any atom is -0.366 e. The number of hydrogen-bond acceptors (Lipinski definition) is 5. The van der Waals surface area contributed by atoms with E-state index in [1.807, 2.05) is 12.3 Å². The normalized spacial score (nSPS) is 19.7. The molecule has 2 aromatic carbocycles. The number of primary amides is 1. The summed E-state index contributed by atoms with van der Waals surface area (Å²) >= 11 is 0. The number of carbonyl (C=O) groups excluding carboxylic acids is 1. The third-order valence-corrected chi connectivity index (χ3v) is 11.6. The standard InChI is InChI=1S/C33H45N5O3S/c34-33(39)30-21-27(26-8-5-7-24(19-26)22-35-28-9-1-2-10-28)20-29-31(23-36-32(29)30)25-11-16-38(17-12-25)42(40,41)18-6-15-37-13-3-4-14-37/h5,7-8,19-21,23,25,28,35-36H,1-4,6,9-18,22H2,(H2,34,39). The molecule has 1 aliphatic carbocycles. The van der Waals surface area contributed by atoms with Crippen LogP contribution in [0.15, 0.2) is 42.6 Å². The maximum Gasteiger partial charge on any atom is 0.250 e. The van der Waals surface area contributed by atoms with Crippen molar-refractivity contribution in [3.63, 3.8) is 0 Å². The van der Waals surface area contributed by atoms with Crippen LogP contribution < -0.4 is 11.1 Å². The molecule has 4 N–H and O–H groups in total. The number of sulfonamides is 1. The van der Waals surface area contributed by atoms with Gasteiger partial charge in [0.05, 0.1) is 16.8 Å². The first-order valence-corrected chi connectivity index (χ1v) is 17.5. The van der Waals surface area contributed by atoms with Crippen molar-refractivity contribution in [3.8, 4) is 11.1 Å². The Morgan fingerprint density at radius 1 is 0.952 bits per heavy atom. The summed E-state index contributed by atoms with van der Waals surface area (Å²) in [6.07, 6.45) is 11.8. The third-order valence-electron chi connectivity index (χ3n) is 9.66. The second-order valence-corrected chi connectivity index (χ2v) is 14.6. The number of carbonyl (C=O) groups is 1. The average molecular weight is 592 g/mol. The molecule has 8 nitrogen and oxygen atoms in total. The van der Waals surface area contributed by atoms with Crippen LogP contribution in [-0.2, 0) is 16.6 Å². The lowest BCUT2D eigenvalue weighted by atomic mass is 9.88. The molecule has 1 amide bonds. The van der Waals surface area contributed by atoms with Gasteiger partial charge in [0.15, 0.2) is 0 Å². The van der Waals surface area contributed by atoms with E-state index in [0.29, 0.717) is 31.1 Å². The van der Waals surface area contributed by atoms with Crippen molar-refractivity contribution < 1.29 is 13.2 Å². The van der Waals surface area contributed by atoms with E-state index in [4.69, 9.17) is 5.73 Å². The first-order valence-electron chi connectivity index (χ1n) is 15.8. The van der Waals surface area contributed by atoms with Crippen LogP contribution in [0.3, 0.4) is 0 Å². The van der Waals surface area contributed by atoms with Gasteiger partial charge in [0.1, 0.15) is 0 Å². The largest absolute Gasteiger partial charge is 0.366 e. The molecule has 1 aromatic heterocycles. The van der Waals surface area contributed by atoms with E-state index in [2.05, 4.69) is 45.5 Å². The highest BCUT2D eigenvalue weighted by molar-refractivity contribution is 7.89. The number of nitrogens with two attached hydrogens (primary N) is 1. The van der Waals surface area contributed by atoms with Gasteiger partial charge in [-0.1, -0.05) is 31.0 Å². The van der Waals surface area contributed by atoms with E-state index >= 15 is 0 Å². The molecule has 42 heavy (non-hydrogen) atoms. The molecule has 6 rings (SSSR count). The van der Waals surface area contributed by atoms with Crippen LogP contribution in [0.2, 0.25) is 0 Å². The summed E-state index contributed by atoms with van der Waals surface area (Å²) in [4.78, 5) is 18.2. The fraction of sp³-hybridized carbons (Fsp3) is 0.545. The molecule has 3 aliphatic rings. The lowest BCUT2D eigenvalue weighted by Gasteiger charge is -2.31. The Morgan fingerprint density at radius 2 is 1.71 bits per heavy atom. The van der Waals surface area contributed by atoms with Crippen LogP contribution in [-0.4, -0.2) is 73.0 Å². The molecule has 0 bridgehead atoms. The fourth-order valence-corrected chi connectivity index (χ4v) is 8.77. The summed E-state index contributed by atoms with van der Waals surface area (Å²) in [5, 5.41) is 4.70. The summed E-state index contributed by atoms with van der Waals surface area (Å²) in [5.74, 6) is -0.0150. The molecule has 2 aliphatic heterocycles. The lowest BCUT2D eigenvalue weighted by Crippen LogP contribution is -2.39. The number of hydrogen-bond donors (Lipinski definition) is 3. The molecule has 3 aromatic rings. The fourth-order valence-electron chi connectivity index (χ4n) is 7.26. The zero-order chi connectivity index (χ0) is 29.1. The van der Waals surface area contributed by atoms with Crippen LogP contribution in [0.1, 0.15) is 85.2 Å². The van der Waals surface area contributed by atoms with E-state index in [1.165, 1.54) is 44.1 Å². The minimum absolute atomic E-state index is 0.215. The molecule has 0 spiro atoms. The van der Waals surface area contributed by atoms with E-state index < -0.39 is 15.9 Å². The Balaban J connectivity index is 1.17. The molecular weight excluding hydrogens is 546 g/mol. The Kier molecular flexibility index (Phi) is 9.00. The number of rotatable bonds is 11. The molecule has 9 heteroatoms. The molecule has 3 fully saturated rings. The van der Waals surface area contributed by atoms with Crippen LogP contribution in [0.5, 0.6) is 0 Å². The van der Waals surface area contributed by atoms with E-state index in [1.54, 1.807) is 4.31 Å². The van der Waals surface area contributed by atoms with Gasteiger partial charge in [0, 0.05) is 37.3 Å². The van der Waals surface area contributed by atoms with Crippen molar-refractivity contribution in [1.82, 2.24) is 19.5 Å². The molecule has 2 saturated heterocycles. The first kappa shape index (κ1) is 29.4. The predicted octanol–water partition coefficient (Wildman–Crippen LogP) is 4.96. The molecule has 3 heterocycles. The Hall–Kier alpha value is -2.72. The van der Waals surface area contributed by atoms with Crippen molar-refractivity contribution in [3.05, 3.63) is 59.3 Å². The third kappa shape index (κ3) is 6.59. The highest BCUT2D eigenvalue weighted by Crippen LogP contribution is 2.37. The molecule has 0 unspecified atom stereocenters. The van der Waals surface area contributed by atoms with Gasteiger partial charge in [-0.25, -0.2) is 12.7 Å². The van der Waals surface area contributed by atoms with Crippen molar-refractivity contribution in [2.24, 2.45) is 5.73 Å². The number of aromatic nitrogens is 1. The summed E-state index contributed by atoms with van der Waals surface area (Å²) in [6.45, 7) is 4.95. The number of benzene rings is 2. The highest BCUT2D eigenvalue weighted by atomic mass is 32.2. The summed E-state index contributed by atoms with van der Waals surface area (Å²) in [5.41, 5.74) is 11.5. The number of H-pyrrole nitrogens is 1. The molecule has 226 valence electrons. The minimum atomic E-state index is -3.25. The van der Waals surface area contributed by atoms with Crippen molar-refractivity contribution in [2.45, 2.75) is 76.3 Å². The van der Waals surface area contributed by atoms with Crippen LogP contribution in [0.4, 0.5) is 0 Å². The van der Waals surface area contributed by atoms with Gasteiger partial charge in [0.25, 0.3) is 5.91 Å². The number of piperidine rings is 1. The topological polar surface area (TPSA) is 112 Å². The van der Waals surface area contributed by atoms with Crippen molar-refractivity contribution in [1.29, 1.82) is 0 Å². The van der Waals surface area contributed by atoms with Gasteiger partial charge in [0.2, 0.25) is 10.0 Å². The first-order chi connectivity index (χ1) is 20.4. The van der Waals surface area contributed by atoms with Crippen LogP contribution >= 0.6 is 0 Å². The molecule has 0 atom stereocenters. The summed E-state index contributed by atoms with van der Waals surface area (Å²) in [6, 6.07) is 13.2. The van der Waals surface area contributed by atoms with Gasteiger partial charge in [-0.2, -0.15) is 0 Å². The van der Waals surface area contributed by atoms with Gasteiger partial charge in [-0.3, -0.25) is 4.79 Å². The van der Waals surface area contributed by atoms with E-state index in [9.17, 15) is 13.2 Å². The molecule has 1 saturated carbocycles. The average Bonchev–Trinajstić information content (AvgIpc) is 3.78. The van der Waals surface area contributed by atoms with Crippen molar-refractivity contribution >= 4 is 26.8 Å². The SMILES string of the molecule is NC(=O)c1cc(-c2cccc(CNC3CCCC3)c2)cc2c(C3CCN(S(=O)(=O)CCCN4CCCC4)CC3)c[nH]c12. The predicted molar refractivity (Wildman–Crippen MR) is 169 cm³/mol. The van der Waals surface area contributed by atoms with Gasteiger partial charge < -0.3 is 20.9 Å². The van der Waals surface area contributed by atoms with E-state index in [-0.39, 0.29) is 11.7 Å². The van der Waals surface area contributed by atoms with Gasteiger partial charge >= 0.3 is 0 Å². The Bertz CT molecular complexity index is 1500. The Labute approximate surface area is 250 Å². The number of nitrogens with zero attached hydrogens (tertiary/aromatic N) is 2. The highest BCUT2D eigenvalue weighted by Gasteiger charge is 2.30. The van der Waals surface area contributed by atoms with Gasteiger partial charge in [-0.05, 0) is 111 Å². The summed E-state index contributed by atoms with van der Waals surface area (Å²) in [7, 11) is -3.25.